The third kappa shape index (κ3) is 2.21. The largest absolute Gasteiger partial charge is 0.479 e. The molecule has 19 heavy (non-hydrogen) atoms. The monoisotopic (exact) mass is 269 g/mol. The van der Waals surface area contributed by atoms with Gasteiger partial charge in [-0.1, -0.05) is 6.07 Å². The van der Waals surface area contributed by atoms with Crippen molar-refractivity contribution in [3.05, 3.63) is 30.1 Å². The van der Waals surface area contributed by atoms with Gasteiger partial charge in [0.05, 0.1) is 18.1 Å². The van der Waals surface area contributed by atoms with Crippen molar-refractivity contribution in [2.24, 2.45) is 0 Å². The van der Waals surface area contributed by atoms with E-state index in [1.165, 1.54) is 12.3 Å². The second-order valence-corrected chi connectivity index (χ2v) is 4.71. The molecule has 1 aliphatic rings. The third-order valence-corrected chi connectivity index (χ3v) is 3.50. The van der Waals surface area contributed by atoms with Crippen molar-refractivity contribution >= 4 is 5.97 Å². The van der Waals surface area contributed by atoms with Crippen LogP contribution in [-0.4, -0.2) is 60.4 Å². The number of carbonyl (C=O) groups is 1. The van der Waals surface area contributed by atoms with Gasteiger partial charge in [-0.2, -0.15) is 0 Å². The first-order valence-electron chi connectivity index (χ1n) is 5.79. The average molecular weight is 269 g/mol. The van der Waals surface area contributed by atoms with Gasteiger partial charge in [-0.15, -0.1) is 0 Å². The highest BCUT2D eigenvalue weighted by Gasteiger charge is 2.57. The number of carboxylic acids is 1. The van der Waals surface area contributed by atoms with Crippen LogP contribution < -0.4 is 0 Å². The van der Waals surface area contributed by atoms with Crippen LogP contribution in [0.3, 0.4) is 0 Å². The summed E-state index contributed by atoms with van der Waals surface area (Å²) >= 11 is 0. The lowest BCUT2D eigenvalue weighted by atomic mass is 9.69. The maximum absolute atomic E-state index is 11.3. The van der Waals surface area contributed by atoms with Gasteiger partial charge in [0, 0.05) is 18.3 Å². The Balaban J connectivity index is 2.48. The van der Waals surface area contributed by atoms with Crippen LogP contribution in [0.25, 0.3) is 0 Å². The van der Waals surface area contributed by atoms with Crippen LogP contribution >= 0.6 is 0 Å². The minimum Gasteiger partial charge on any atom is -0.479 e. The first kappa shape index (κ1) is 13.9. The van der Waals surface area contributed by atoms with Gasteiger partial charge in [-0.25, -0.2) is 4.79 Å². The standard InChI is InChI=1S/C12H15NO6/c14-7-5-12(19,11(17)18)8(10(16)9(7)15)6-3-1-2-4-13-6/h1-4,7-10,14-16,19H,5H2,(H,17,18)/t7-,8?,9?,10-,12?/m1/s1. The number of aromatic nitrogens is 1. The molecule has 1 heterocycles. The zero-order valence-electron chi connectivity index (χ0n) is 9.92. The molecule has 1 aromatic heterocycles. The summed E-state index contributed by atoms with van der Waals surface area (Å²) in [5, 5.41) is 48.6. The number of rotatable bonds is 2. The maximum atomic E-state index is 11.3. The second-order valence-electron chi connectivity index (χ2n) is 4.71. The van der Waals surface area contributed by atoms with Gasteiger partial charge in [0.2, 0.25) is 0 Å². The molecule has 3 unspecified atom stereocenters. The van der Waals surface area contributed by atoms with E-state index in [9.17, 15) is 25.2 Å². The highest BCUT2D eigenvalue weighted by molar-refractivity contribution is 5.79. The van der Waals surface area contributed by atoms with Gasteiger partial charge in [0.25, 0.3) is 0 Å². The molecular formula is C12H15NO6. The van der Waals surface area contributed by atoms with Crippen molar-refractivity contribution in [1.29, 1.82) is 0 Å². The summed E-state index contributed by atoms with van der Waals surface area (Å²) in [6.07, 6.45) is -3.87. The van der Waals surface area contributed by atoms with Crippen molar-refractivity contribution in [1.82, 2.24) is 4.98 Å². The Morgan fingerprint density at radius 3 is 2.47 bits per heavy atom. The summed E-state index contributed by atoms with van der Waals surface area (Å²) in [6, 6.07) is 4.63. The van der Waals surface area contributed by atoms with Gasteiger partial charge in [0.15, 0.2) is 5.60 Å². The summed E-state index contributed by atoms with van der Waals surface area (Å²) in [5.41, 5.74) is -2.24. The van der Waals surface area contributed by atoms with E-state index < -0.39 is 42.2 Å². The number of hydrogen-bond donors (Lipinski definition) is 5. The first-order valence-corrected chi connectivity index (χ1v) is 5.79. The molecule has 7 nitrogen and oxygen atoms in total. The number of pyridine rings is 1. The fourth-order valence-corrected chi connectivity index (χ4v) is 2.47. The van der Waals surface area contributed by atoms with Crippen LogP contribution in [0.2, 0.25) is 0 Å². The van der Waals surface area contributed by atoms with E-state index in [-0.39, 0.29) is 5.69 Å². The minimum absolute atomic E-state index is 0.144. The predicted molar refractivity (Wildman–Crippen MR) is 62.2 cm³/mol. The topological polar surface area (TPSA) is 131 Å². The van der Waals surface area contributed by atoms with Crippen molar-refractivity contribution < 1.29 is 30.3 Å². The molecule has 1 aliphatic carbocycles. The number of carboxylic acid groups (broad SMARTS) is 1. The molecule has 0 spiro atoms. The van der Waals surface area contributed by atoms with Gasteiger partial charge in [0.1, 0.15) is 6.10 Å². The third-order valence-electron chi connectivity index (χ3n) is 3.50. The molecule has 1 aromatic rings. The Bertz CT molecular complexity index is 467. The van der Waals surface area contributed by atoms with E-state index in [1.807, 2.05) is 0 Å². The highest BCUT2D eigenvalue weighted by atomic mass is 16.4. The molecule has 0 bridgehead atoms. The molecule has 1 fully saturated rings. The average Bonchev–Trinajstić information content (AvgIpc) is 2.37. The summed E-state index contributed by atoms with van der Waals surface area (Å²) in [6.45, 7) is 0. The van der Waals surface area contributed by atoms with Crippen LogP contribution in [0.1, 0.15) is 18.0 Å². The van der Waals surface area contributed by atoms with E-state index in [4.69, 9.17) is 5.11 Å². The zero-order chi connectivity index (χ0) is 14.2. The van der Waals surface area contributed by atoms with Crippen molar-refractivity contribution in [2.45, 2.75) is 36.3 Å². The molecular weight excluding hydrogens is 254 g/mol. The van der Waals surface area contributed by atoms with Gasteiger partial charge < -0.3 is 25.5 Å². The fourth-order valence-electron chi connectivity index (χ4n) is 2.47. The van der Waals surface area contributed by atoms with Gasteiger partial charge >= 0.3 is 5.97 Å². The van der Waals surface area contributed by atoms with E-state index in [0.717, 1.165) is 0 Å². The normalized spacial score (nSPS) is 38.9. The van der Waals surface area contributed by atoms with E-state index in [0.29, 0.717) is 0 Å². The number of aliphatic hydroxyl groups is 4. The quantitative estimate of drug-likeness (QED) is 0.440. The molecule has 0 aliphatic heterocycles. The number of hydrogen-bond acceptors (Lipinski definition) is 6. The Hall–Kier alpha value is -1.54. The van der Waals surface area contributed by atoms with Crippen LogP contribution in [0.15, 0.2) is 24.4 Å². The van der Waals surface area contributed by atoms with E-state index in [1.54, 1.807) is 12.1 Å². The highest BCUT2D eigenvalue weighted by Crippen LogP contribution is 2.40. The lowest BCUT2D eigenvalue weighted by molar-refractivity contribution is -0.195. The molecule has 0 amide bonds. The van der Waals surface area contributed by atoms with Gasteiger partial charge in [-0.3, -0.25) is 4.98 Å². The Morgan fingerprint density at radius 2 is 1.95 bits per heavy atom. The zero-order valence-corrected chi connectivity index (χ0v) is 9.92. The van der Waals surface area contributed by atoms with Crippen LogP contribution in [-0.2, 0) is 4.79 Å². The number of nitrogens with zero attached hydrogens (tertiary/aromatic N) is 1. The van der Waals surface area contributed by atoms with Crippen LogP contribution in [0, 0.1) is 0 Å². The first-order chi connectivity index (χ1) is 8.88. The summed E-state index contributed by atoms with van der Waals surface area (Å²) < 4.78 is 0. The van der Waals surface area contributed by atoms with Crippen molar-refractivity contribution in [3.8, 4) is 0 Å². The van der Waals surface area contributed by atoms with E-state index in [2.05, 4.69) is 4.98 Å². The maximum Gasteiger partial charge on any atom is 0.336 e. The molecule has 2 rings (SSSR count). The SMILES string of the molecule is O=C(O)C1(O)C[C@@H](O)C(O)[C@H](O)C1c1ccccn1. The summed E-state index contributed by atoms with van der Waals surface area (Å²) in [5.74, 6) is -2.89. The molecule has 0 saturated heterocycles. The number of aliphatic hydroxyl groups excluding tert-OH is 3. The van der Waals surface area contributed by atoms with Crippen molar-refractivity contribution in [3.63, 3.8) is 0 Å². The van der Waals surface area contributed by atoms with E-state index >= 15 is 0 Å². The van der Waals surface area contributed by atoms with Gasteiger partial charge in [-0.05, 0) is 12.1 Å². The Kier molecular flexibility index (Phi) is 3.55. The second kappa shape index (κ2) is 4.86. The Labute approximate surface area is 108 Å². The molecule has 7 heteroatoms. The predicted octanol–water partition coefficient (Wildman–Crippen LogP) is -1.53. The van der Waals surface area contributed by atoms with Crippen molar-refractivity contribution in [2.75, 3.05) is 0 Å². The Morgan fingerprint density at radius 1 is 1.26 bits per heavy atom. The summed E-state index contributed by atoms with van der Waals surface area (Å²) in [4.78, 5) is 15.2. The number of aliphatic carboxylic acids is 1. The lowest BCUT2D eigenvalue weighted by Crippen LogP contribution is -2.61. The fraction of sp³-hybridized carbons (Fsp3) is 0.500. The van der Waals surface area contributed by atoms with Crippen LogP contribution in [0.5, 0.6) is 0 Å². The molecule has 5 atom stereocenters. The molecule has 104 valence electrons. The smallest absolute Gasteiger partial charge is 0.336 e. The molecule has 0 aromatic carbocycles. The minimum atomic E-state index is -2.38. The molecule has 1 saturated carbocycles. The molecule has 5 N–H and O–H groups in total. The summed E-state index contributed by atoms with van der Waals surface area (Å²) in [7, 11) is 0. The lowest BCUT2D eigenvalue weighted by Gasteiger charge is -2.43. The van der Waals surface area contributed by atoms with Crippen LogP contribution in [0.4, 0.5) is 0 Å². The molecule has 0 radical (unpaired) electrons.